The second-order valence-electron chi connectivity index (χ2n) is 9.46. The Morgan fingerprint density at radius 3 is 2.63 bits per heavy atom. The maximum absolute atomic E-state index is 15.2. The van der Waals surface area contributed by atoms with Crippen LogP contribution in [0.3, 0.4) is 0 Å². The van der Waals surface area contributed by atoms with E-state index in [0.717, 1.165) is 12.8 Å². The van der Waals surface area contributed by atoms with Crippen molar-refractivity contribution in [3.63, 3.8) is 0 Å². The van der Waals surface area contributed by atoms with E-state index in [2.05, 4.69) is 10.6 Å². The van der Waals surface area contributed by atoms with Crippen LogP contribution in [0, 0.1) is 17.6 Å². The van der Waals surface area contributed by atoms with Crippen LogP contribution in [0.1, 0.15) is 56.7 Å². The van der Waals surface area contributed by atoms with Crippen LogP contribution in [0.25, 0.3) is 0 Å². The van der Waals surface area contributed by atoms with Gasteiger partial charge in [0.25, 0.3) is 11.8 Å². The van der Waals surface area contributed by atoms with Crippen molar-refractivity contribution in [3.8, 4) is 5.75 Å². The van der Waals surface area contributed by atoms with Gasteiger partial charge in [-0.1, -0.05) is 6.07 Å². The van der Waals surface area contributed by atoms with Gasteiger partial charge < -0.3 is 25.2 Å². The van der Waals surface area contributed by atoms with E-state index in [4.69, 9.17) is 9.47 Å². The molecule has 35 heavy (non-hydrogen) atoms. The van der Waals surface area contributed by atoms with Crippen molar-refractivity contribution in [2.45, 2.75) is 44.2 Å². The zero-order chi connectivity index (χ0) is 24.5. The van der Waals surface area contributed by atoms with Crippen molar-refractivity contribution in [1.29, 1.82) is 0 Å². The normalized spacial score (nSPS) is 21.2. The summed E-state index contributed by atoms with van der Waals surface area (Å²) in [4.78, 5) is 25.2. The lowest BCUT2D eigenvalue weighted by atomic mass is 9.96. The number of rotatable bonds is 7. The molecule has 0 radical (unpaired) electrons. The van der Waals surface area contributed by atoms with Crippen LogP contribution >= 0.6 is 0 Å². The lowest BCUT2D eigenvalue weighted by Gasteiger charge is -2.28. The molecule has 0 unspecified atom stereocenters. The Morgan fingerprint density at radius 2 is 1.89 bits per heavy atom. The van der Waals surface area contributed by atoms with Crippen molar-refractivity contribution >= 4 is 11.8 Å². The topological polar surface area (TPSA) is 96.9 Å². The standard InChI is InChI=1S/C26H28F2N2O5/c27-20-10-15(3-4-17(20)25(32)29-12-14-1-2-14)9-16-11-19(23(28)18-5-8-35-24(16)18)26(33)30-21-6-7-34-13-22(21)31/h3-4,10-11,14,21-22,31H,1-2,5-9,12-13H2,(H,29,32)(H,30,33)/t21-,22-/m0/s1. The average Bonchev–Trinajstić information content (AvgIpc) is 3.53. The Labute approximate surface area is 201 Å². The first-order valence-corrected chi connectivity index (χ1v) is 12.0. The van der Waals surface area contributed by atoms with Gasteiger partial charge in [-0.15, -0.1) is 0 Å². The van der Waals surface area contributed by atoms with E-state index in [-0.39, 0.29) is 30.8 Å². The predicted octanol–water partition coefficient (Wildman–Crippen LogP) is 2.51. The Kier molecular flexibility index (Phi) is 6.71. The van der Waals surface area contributed by atoms with E-state index in [1.807, 2.05) is 0 Å². The molecule has 2 fully saturated rings. The number of fused-ring (bicyclic) bond motifs is 1. The average molecular weight is 487 g/mol. The molecule has 2 aromatic carbocycles. The number of aliphatic hydroxyl groups is 1. The monoisotopic (exact) mass is 486 g/mol. The van der Waals surface area contributed by atoms with Crippen molar-refractivity contribution < 1.29 is 33.0 Å². The minimum Gasteiger partial charge on any atom is -0.493 e. The molecular formula is C26H28F2N2O5. The number of amides is 2. The van der Waals surface area contributed by atoms with E-state index >= 15 is 4.39 Å². The molecule has 0 aromatic heterocycles. The Hall–Kier alpha value is -3.04. The van der Waals surface area contributed by atoms with Crippen LogP contribution in [0.2, 0.25) is 0 Å². The van der Waals surface area contributed by atoms with E-state index in [1.165, 1.54) is 18.2 Å². The van der Waals surface area contributed by atoms with Gasteiger partial charge in [0.15, 0.2) is 0 Å². The third-order valence-corrected chi connectivity index (χ3v) is 6.79. The van der Waals surface area contributed by atoms with Crippen molar-refractivity contribution in [2.24, 2.45) is 5.92 Å². The van der Waals surface area contributed by atoms with Crippen LogP contribution in [0.4, 0.5) is 8.78 Å². The first-order valence-electron chi connectivity index (χ1n) is 12.0. The third kappa shape index (κ3) is 5.16. The summed E-state index contributed by atoms with van der Waals surface area (Å²) in [5.41, 5.74) is 1.28. The smallest absolute Gasteiger partial charge is 0.254 e. The molecule has 1 saturated carbocycles. The second-order valence-corrected chi connectivity index (χ2v) is 9.46. The predicted molar refractivity (Wildman–Crippen MR) is 123 cm³/mol. The molecular weight excluding hydrogens is 458 g/mol. The van der Waals surface area contributed by atoms with Gasteiger partial charge in [-0.05, 0) is 54.5 Å². The highest BCUT2D eigenvalue weighted by Gasteiger charge is 2.30. The summed E-state index contributed by atoms with van der Waals surface area (Å²) in [7, 11) is 0. The van der Waals surface area contributed by atoms with E-state index in [1.54, 1.807) is 6.07 Å². The van der Waals surface area contributed by atoms with E-state index in [0.29, 0.717) is 54.4 Å². The molecule has 2 aromatic rings. The van der Waals surface area contributed by atoms with Gasteiger partial charge in [-0.2, -0.15) is 0 Å². The fourth-order valence-corrected chi connectivity index (χ4v) is 4.58. The van der Waals surface area contributed by atoms with Crippen LogP contribution in [-0.2, 0) is 17.6 Å². The molecule has 9 heteroatoms. The number of ether oxygens (including phenoxy) is 2. The van der Waals surface area contributed by atoms with Crippen molar-refractivity contribution in [2.75, 3.05) is 26.4 Å². The SMILES string of the molecule is O=C(NCC1CC1)c1ccc(Cc2cc(C(=O)N[C@H]3CCOC[C@@H]3O)c(F)c3c2OCC3)cc1F. The zero-order valence-electron chi connectivity index (χ0n) is 19.2. The highest BCUT2D eigenvalue weighted by atomic mass is 19.1. The van der Waals surface area contributed by atoms with Crippen molar-refractivity contribution in [1.82, 2.24) is 10.6 Å². The number of hydrogen-bond donors (Lipinski definition) is 3. The third-order valence-electron chi connectivity index (χ3n) is 6.79. The summed E-state index contributed by atoms with van der Waals surface area (Å²) in [6.45, 7) is 1.34. The highest BCUT2D eigenvalue weighted by molar-refractivity contribution is 5.96. The largest absolute Gasteiger partial charge is 0.493 e. The minimum atomic E-state index is -0.865. The van der Waals surface area contributed by atoms with E-state index < -0.39 is 35.6 Å². The van der Waals surface area contributed by atoms with Gasteiger partial charge in [-0.3, -0.25) is 9.59 Å². The van der Waals surface area contributed by atoms with Gasteiger partial charge in [0.05, 0.1) is 36.5 Å². The molecule has 3 N–H and O–H groups in total. The molecule has 5 rings (SSSR count). The van der Waals surface area contributed by atoms with Crippen LogP contribution < -0.4 is 15.4 Å². The summed E-state index contributed by atoms with van der Waals surface area (Å²) >= 11 is 0. The Morgan fingerprint density at radius 1 is 1.06 bits per heavy atom. The summed E-state index contributed by atoms with van der Waals surface area (Å²) in [6.07, 6.45) is 2.25. The molecule has 186 valence electrons. The number of hydrogen-bond acceptors (Lipinski definition) is 5. The Bertz CT molecular complexity index is 1150. The number of benzene rings is 2. The van der Waals surface area contributed by atoms with Crippen LogP contribution in [-0.4, -0.2) is 55.4 Å². The van der Waals surface area contributed by atoms with Gasteiger partial charge in [0.1, 0.15) is 17.4 Å². The van der Waals surface area contributed by atoms with Crippen molar-refractivity contribution in [3.05, 3.63) is 63.7 Å². The number of carbonyl (C=O) groups excluding carboxylic acids is 2. The molecule has 2 atom stereocenters. The Balaban J connectivity index is 1.36. The fourth-order valence-electron chi connectivity index (χ4n) is 4.58. The molecule has 0 spiro atoms. The van der Waals surface area contributed by atoms with Crippen LogP contribution in [0.15, 0.2) is 24.3 Å². The molecule has 1 saturated heterocycles. The lowest BCUT2D eigenvalue weighted by Crippen LogP contribution is -2.48. The minimum absolute atomic E-state index is 0.0231. The molecule has 2 heterocycles. The lowest BCUT2D eigenvalue weighted by molar-refractivity contribution is -0.0261. The molecule has 7 nitrogen and oxygen atoms in total. The second kappa shape index (κ2) is 9.91. The molecule has 1 aliphatic carbocycles. The first kappa shape index (κ1) is 23.7. The van der Waals surface area contributed by atoms with Gasteiger partial charge in [0, 0.05) is 31.6 Å². The van der Waals surface area contributed by atoms with Gasteiger partial charge in [0.2, 0.25) is 0 Å². The maximum atomic E-state index is 15.2. The molecule has 3 aliphatic rings. The van der Waals surface area contributed by atoms with Gasteiger partial charge >= 0.3 is 0 Å². The number of nitrogens with one attached hydrogen (secondary N) is 2. The summed E-state index contributed by atoms with van der Waals surface area (Å²) < 4.78 is 40.8. The maximum Gasteiger partial charge on any atom is 0.254 e. The summed E-state index contributed by atoms with van der Waals surface area (Å²) in [5, 5.41) is 15.5. The molecule has 2 amide bonds. The first-order chi connectivity index (χ1) is 16.9. The number of halogens is 2. The van der Waals surface area contributed by atoms with Crippen LogP contribution in [0.5, 0.6) is 5.75 Å². The van der Waals surface area contributed by atoms with Gasteiger partial charge in [-0.25, -0.2) is 8.78 Å². The number of aliphatic hydroxyl groups excluding tert-OH is 1. The highest BCUT2D eigenvalue weighted by Crippen LogP contribution is 2.35. The van der Waals surface area contributed by atoms with E-state index in [9.17, 15) is 19.1 Å². The quantitative estimate of drug-likeness (QED) is 0.559. The number of carbonyl (C=O) groups is 2. The summed E-state index contributed by atoms with van der Waals surface area (Å²) in [5.74, 6) is -1.49. The zero-order valence-corrected chi connectivity index (χ0v) is 19.2. The fraction of sp³-hybridized carbons (Fsp3) is 0.462. The molecule has 0 bridgehead atoms. The summed E-state index contributed by atoms with van der Waals surface area (Å²) in [6, 6.07) is 5.27. The molecule has 2 aliphatic heterocycles.